The quantitative estimate of drug-likeness (QED) is 0.555. The van der Waals surface area contributed by atoms with Crippen molar-refractivity contribution in [3.63, 3.8) is 0 Å². The third kappa shape index (κ3) is 3.11. The van der Waals surface area contributed by atoms with Crippen molar-refractivity contribution in [2.24, 2.45) is 5.10 Å². The van der Waals surface area contributed by atoms with E-state index < -0.39 is 11.2 Å². The van der Waals surface area contributed by atoms with Gasteiger partial charge < -0.3 is 9.55 Å². The van der Waals surface area contributed by atoms with E-state index in [0.29, 0.717) is 15.9 Å². The van der Waals surface area contributed by atoms with Gasteiger partial charge in [0.25, 0.3) is 5.56 Å². The third-order valence-electron chi connectivity index (χ3n) is 4.29. The Morgan fingerprint density at radius 2 is 1.89 bits per heavy atom. The van der Waals surface area contributed by atoms with Gasteiger partial charge in [0, 0.05) is 16.9 Å². The molecule has 27 heavy (non-hydrogen) atoms. The van der Waals surface area contributed by atoms with Gasteiger partial charge in [0.05, 0.1) is 22.8 Å². The molecule has 4 rings (SSSR count). The number of para-hydroxylation sites is 1. The van der Waals surface area contributed by atoms with Gasteiger partial charge in [0.2, 0.25) is 0 Å². The third-order valence-corrected chi connectivity index (χ3v) is 4.71. The van der Waals surface area contributed by atoms with Crippen molar-refractivity contribution >= 4 is 28.7 Å². The van der Waals surface area contributed by atoms with Crippen molar-refractivity contribution in [2.45, 2.75) is 6.92 Å². The highest BCUT2D eigenvalue weighted by atomic mass is 35.5. The van der Waals surface area contributed by atoms with Crippen molar-refractivity contribution in [3.05, 3.63) is 97.9 Å². The van der Waals surface area contributed by atoms with E-state index in [2.05, 4.69) is 10.1 Å². The normalized spacial score (nSPS) is 11.5. The molecule has 2 aromatic carbocycles. The van der Waals surface area contributed by atoms with Gasteiger partial charge in [-0.15, -0.1) is 4.68 Å². The summed E-state index contributed by atoms with van der Waals surface area (Å²) in [5, 5.41) is 5.20. The van der Waals surface area contributed by atoms with Crippen molar-refractivity contribution in [1.82, 2.24) is 14.2 Å². The second-order valence-corrected chi connectivity index (χ2v) is 6.48. The summed E-state index contributed by atoms with van der Waals surface area (Å²) in [4.78, 5) is 27.4. The van der Waals surface area contributed by atoms with Crippen LogP contribution in [0.3, 0.4) is 0 Å². The molecule has 2 heterocycles. The lowest BCUT2D eigenvalue weighted by molar-refractivity contribution is 0.770. The average molecular weight is 379 g/mol. The molecule has 1 N–H and O–H groups in total. The first-order valence-corrected chi connectivity index (χ1v) is 8.65. The van der Waals surface area contributed by atoms with E-state index in [1.165, 1.54) is 6.21 Å². The van der Waals surface area contributed by atoms with Gasteiger partial charge in [0.15, 0.2) is 0 Å². The topological polar surface area (TPSA) is 72.2 Å². The van der Waals surface area contributed by atoms with Crippen LogP contribution in [0.5, 0.6) is 0 Å². The van der Waals surface area contributed by atoms with E-state index in [-0.39, 0.29) is 0 Å². The maximum atomic E-state index is 12.6. The smallest absolute Gasteiger partial charge is 0.316 e. The van der Waals surface area contributed by atoms with Crippen molar-refractivity contribution in [2.75, 3.05) is 0 Å². The van der Waals surface area contributed by atoms with E-state index in [4.69, 9.17) is 11.6 Å². The summed E-state index contributed by atoms with van der Waals surface area (Å²) in [5.74, 6) is 0. The number of hydrogen-bond acceptors (Lipinski definition) is 3. The summed E-state index contributed by atoms with van der Waals surface area (Å²) < 4.78 is 2.72. The Balaban J connectivity index is 1.78. The van der Waals surface area contributed by atoms with Gasteiger partial charge in [-0.25, -0.2) is 4.79 Å². The number of nitrogens with one attached hydrogen (secondary N) is 1. The van der Waals surface area contributed by atoms with E-state index in [1.807, 2.05) is 48.0 Å². The lowest BCUT2D eigenvalue weighted by Crippen LogP contribution is -2.32. The van der Waals surface area contributed by atoms with Crippen LogP contribution in [0.25, 0.3) is 16.6 Å². The molecule has 0 fully saturated rings. The number of aryl methyl sites for hydroxylation is 1. The molecule has 0 aliphatic carbocycles. The summed E-state index contributed by atoms with van der Waals surface area (Å²) in [6.45, 7) is 1.93. The summed E-state index contributed by atoms with van der Waals surface area (Å²) in [7, 11) is 0. The molecule has 0 saturated carbocycles. The van der Waals surface area contributed by atoms with Gasteiger partial charge >= 0.3 is 5.69 Å². The molecule has 0 saturated heterocycles. The van der Waals surface area contributed by atoms with Crippen LogP contribution in [0.4, 0.5) is 0 Å². The highest BCUT2D eigenvalue weighted by molar-refractivity contribution is 6.31. The Bertz CT molecular complexity index is 1300. The molecule has 4 aromatic rings. The molecule has 0 amide bonds. The average Bonchev–Trinajstić information content (AvgIpc) is 3.12. The van der Waals surface area contributed by atoms with E-state index >= 15 is 0 Å². The number of aromatic amines is 1. The Hall–Kier alpha value is -3.38. The van der Waals surface area contributed by atoms with Gasteiger partial charge in [-0.2, -0.15) is 5.10 Å². The zero-order valence-electron chi connectivity index (χ0n) is 14.4. The second kappa shape index (κ2) is 6.74. The zero-order valence-corrected chi connectivity index (χ0v) is 15.1. The van der Waals surface area contributed by atoms with E-state index in [0.717, 1.165) is 21.6 Å². The number of halogens is 1. The highest BCUT2D eigenvalue weighted by Crippen LogP contribution is 2.20. The number of hydrogen-bond donors (Lipinski definition) is 1. The van der Waals surface area contributed by atoms with Gasteiger partial charge in [-0.05, 0) is 55.0 Å². The van der Waals surface area contributed by atoms with E-state index in [1.54, 1.807) is 24.3 Å². The molecule has 0 atom stereocenters. The standard InChI is InChI=1S/C20H15ClN4O2/c1-13-11-14(8-9-17(13)21)24-10-4-5-15(24)12-22-25-19(26)16-6-2-3-7-18(16)23-20(25)27/h2-12H,1H3,(H,23,27). The number of H-pyrrole nitrogens is 1. The maximum absolute atomic E-state index is 12.6. The molecule has 0 unspecified atom stereocenters. The minimum atomic E-state index is -0.588. The number of rotatable bonds is 3. The summed E-state index contributed by atoms with van der Waals surface area (Å²) in [5.41, 5.74) is 2.01. The molecule has 0 aliphatic rings. The predicted octanol–water partition coefficient (Wildman–Crippen LogP) is 3.32. The first-order valence-electron chi connectivity index (χ1n) is 8.27. The fourth-order valence-electron chi connectivity index (χ4n) is 2.89. The zero-order chi connectivity index (χ0) is 19.0. The fraction of sp³-hybridized carbons (Fsp3) is 0.0500. The minimum absolute atomic E-state index is 0.401. The Labute approximate surface area is 159 Å². The molecule has 134 valence electrons. The lowest BCUT2D eigenvalue weighted by atomic mass is 10.2. The summed E-state index contributed by atoms with van der Waals surface area (Å²) in [6.07, 6.45) is 3.35. The van der Waals surface area contributed by atoms with Crippen LogP contribution in [0.15, 0.2) is 75.5 Å². The molecule has 0 aliphatic heterocycles. The number of nitrogens with zero attached hydrogens (tertiary/aromatic N) is 3. The second-order valence-electron chi connectivity index (χ2n) is 6.07. The number of benzene rings is 2. The molecule has 0 spiro atoms. The van der Waals surface area contributed by atoms with Gasteiger partial charge in [-0.1, -0.05) is 23.7 Å². The van der Waals surface area contributed by atoms with Crippen molar-refractivity contribution < 1.29 is 0 Å². The highest BCUT2D eigenvalue weighted by Gasteiger charge is 2.07. The van der Waals surface area contributed by atoms with Crippen molar-refractivity contribution in [1.29, 1.82) is 0 Å². The SMILES string of the molecule is Cc1cc(-n2cccc2C=Nn2c(=O)[nH]c3ccccc3c2=O)ccc1Cl. The number of fused-ring (bicyclic) bond motifs is 1. The van der Waals surface area contributed by atoms with Crippen LogP contribution in [0, 0.1) is 6.92 Å². The molecule has 0 bridgehead atoms. The van der Waals surface area contributed by atoms with Crippen LogP contribution < -0.4 is 11.2 Å². The monoisotopic (exact) mass is 378 g/mol. The van der Waals surface area contributed by atoms with Gasteiger partial charge in [0.1, 0.15) is 0 Å². The largest absolute Gasteiger partial charge is 0.349 e. The van der Waals surface area contributed by atoms with Gasteiger partial charge in [-0.3, -0.25) is 4.79 Å². The Morgan fingerprint density at radius 1 is 1.07 bits per heavy atom. The summed E-state index contributed by atoms with van der Waals surface area (Å²) in [6, 6.07) is 16.2. The lowest BCUT2D eigenvalue weighted by Gasteiger charge is -2.08. The fourth-order valence-corrected chi connectivity index (χ4v) is 3.01. The summed E-state index contributed by atoms with van der Waals surface area (Å²) >= 11 is 6.09. The molecule has 2 aromatic heterocycles. The maximum Gasteiger partial charge on any atom is 0.349 e. The Morgan fingerprint density at radius 3 is 2.70 bits per heavy atom. The van der Waals surface area contributed by atoms with Crippen LogP contribution >= 0.6 is 11.6 Å². The molecule has 7 heteroatoms. The van der Waals surface area contributed by atoms with Crippen molar-refractivity contribution in [3.8, 4) is 5.69 Å². The number of aromatic nitrogens is 3. The first kappa shape index (κ1) is 17.1. The minimum Gasteiger partial charge on any atom is -0.316 e. The van der Waals surface area contributed by atoms with Crippen LogP contribution in [0.1, 0.15) is 11.3 Å². The van der Waals surface area contributed by atoms with E-state index in [9.17, 15) is 9.59 Å². The van der Waals surface area contributed by atoms with Crippen LogP contribution in [0.2, 0.25) is 5.02 Å². The Kier molecular flexibility index (Phi) is 4.25. The molecular weight excluding hydrogens is 364 g/mol. The molecular formula is C20H15ClN4O2. The first-order chi connectivity index (χ1) is 13.0. The van der Waals surface area contributed by atoms with Crippen LogP contribution in [-0.4, -0.2) is 20.4 Å². The molecule has 0 radical (unpaired) electrons. The van der Waals surface area contributed by atoms with Crippen LogP contribution in [-0.2, 0) is 0 Å². The predicted molar refractivity (Wildman–Crippen MR) is 107 cm³/mol. The molecule has 6 nitrogen and oxygen atoms in total.